The van der Waals surface area contributed by atoms with Crippen LogP contribution in [-0.2, 0) is 15.1 Å². The van der Waals surface area contributed by atoms with Gasteiger partial charge in [0, 0.05) is 4.88 Å². The van der Waals surface area contributed by atoms with Gasteiger partial charge in [-0.3, -0.25) is 4.79 Å². The fourth-order valence-corrected chi connectivity index (χ4v) is 2.13. The molecule has 0 radical (unpaired) electrons. The predicted octanol–water partition coefficient (Wildman–Crippen LogP) is 2.17. The number of rotatable bonds is 3. The number of thiophene rings is 1. The molecule has 0 aliphatic heterocycles. The minimum absolute atomic E-state index is 0.0691. The maximum absolute atomic E-state index is 11.0. The highest BCUT2D eigenvalue weighted by molar-refractivity contribution is 7.16. The van der Waals surface area contributed by atoms with E-state index in [1.165, 1.54) is 18.4 Å². The quantitative estimate of drug-likeness (QED) is 0.816. The highest BCUT2D eigenvalue weighted by Gasteiger charge is 2.28. The van der Waals surface area contributed by atoms with Crippen molar-refractivity contribution in [3.8, 4) is 0 Å². The van der Waals surface area contributed by atoms with E-state index in [4.69, 9.17) is 11.6 Å². The summed E-state index contributed by atoms with van der Waals surface area (Å²) in [6, 6.07) is 3.39. The van der Waals surface area contributed by atoms with Crippen LogP contribution in [0.15, 0.2) is 12.1 Å². The Labute approximate surface area is 91.3 Å². The van der Waals surface area contributed by atoms with Crippen molar-refractivity contribution in [2.75, 3.05) is 7.11 Å². The zero-order chi connectivity index (χ0) is 10.8. The van der Waals surface area contributed by atoms with Crippen LogP contribution in [0.3, 0.4) is 0 Å². The van der Waals surface area contributed by atoms with Gasteiger partial charge >= 0.3 is 5.97 Å². The minimum Gasteiger partial charge on any atom is -0.469 e. The first-order valence-electron chi connectivity index (χ1n) is 4.01. The fourth-order valence-electron chi connectivity index (χ4n) is 1.04. The molecule has 1 heterocycles. The third kappa shape index (κ3) is 2.70. The van der Waals surface area contributed by atoms with Gasteiger partial charge in [0.25, 0.3) is 0 Å². The molecule has 0 bridgehead atoms. The SMILES string of the molecule is COC(=O)CC(C)(O)c1ccc(Cl)s1. The first-order valence-corrected chi connectivity index (χ1v) is 5.20. The Morgan fingerprint density at radius 2 is 2.36 bits per heavy atom. The van der Waals surface area contributed by atoms with E-state index in [2.05, 4.69) is 4.74 Å². The lowest BCUT2D eigenvalue weighted by Crippen LogP contribution is -2.24. The molecule has 0 fully saturated rings. The number of halogens is 1. The van der Waals surface area contributed by atoms with Crippen LogP contribution in [0.5, 0.6) is 0 Å². The lowest BCUT2D eigenvalue weighted by Gasteiger charge is -2.19. The standard InChI is InChI=1S/C9H11ClO3S/c1-9(12,5-8(11)13-2)6-3-4-7(10)14-6/h3-4,12H,5H2,1-2H3. The van der Waals surface area contributed by atoms with Crippen LogP contribution >= 0.6 is 22.9 Å². The van der Waals surface area contributed by atoms with Gasteiger partial charge in [-0.2, -0.15) is 0 Å². The van der Waals surface area contributed by atoms with Gasteiger partial charge in [-0.05, 0) is 19.1 Å². The summed E-state index contributed by atoms with van der Waals surface area (Å²) in [5, 5.41) is 9.95. The molecule has 78 valence electrons. The fraction of sp³-hybridized carbons (Fsp3) is 0.444. The topological polar surface area (TPSA) is 46.5 Å². The van der Waals surface area contributed by atoms with Crippen LogP contribution in [0.1, 0.15) is 18.2 Å². The van der Waals surface area contributed by atoms with Gasteiger partial charge in [0.1, 0.15) is 5.60 Å². The maximum Gasteiger partial charge on any atom is 0.308 e. The molecule has 0 amide bonds. The Balaban J connectivity index is 2.79. The van der Waals surface area contributed by atoms with Crippen LogP contribution < -0.4 is 0 Å². The van der Waals surface area contributed by atoms with E-state index in [1.54, 1.807) is 19.1 Å². The molecule has 14 heavy (non-hydrogen) atoms. The van der Waals surface area contributed by atoms with Gasteiger partial charge < -0.3 is 9.84 Å². The number of esters is 1. The Hall–Kier alpha value is -0.580. The summed E-state index contributed by atoms with van der Waals surface area (Å²) in [5.41, 5.74) is -1.20. The van der Waals surface area contributed by atoms with Gasteiger partial charge in [-0.1, -0.05) is 11.6 Å². The molecule has 0 saturated carbocycles. The lowest BCUT2D eigenvalue weighted by atomic mass is 10.0. The van der Waals surface area contributed by atoms with E-state index in [-0.39, 0.29) is 6.42 Å². The predicted molar refractivity (Wildman–Crippen MR) is 55.5 cm³/mol. The van der Waals surface area contributed by atoms with Gasteiger partial charge in [-0.25, -0.2) is 0 Å². The first kappa shape index (κ1) is 11.5. The van der Waals surface area contributed by atoms with E-state index >= 15 is 0 Å². The second-order valence-electron chi connectivity index (χ2n) is 3.13. The van der Waals surface area contributed by atoms with Gasteiger partial charge in [0.2, 0.25) is 0 Å². The van der Waals surface area contributed by atoms with E-state index in [9.17, 15) is 9.90 Å². The molecular weight excluding hydrogens is 224 g/mol. The van der Waals surface area contributed by atoms with Crippen molar-refractivity contribution >= 4 is 28.9 Å². The van der Waals surface area contributed by atoms with E-state index in [0.29, 0.717) is 9.21 Å². The Kier molecular flexibility index (Phi) is 3.53. The number of hydrogen-bond donors (Lipinski definition) is 1. The third-order valence-corrected chi connectivity index (χ3v) is 3.30. The molecule has 1 atom stereocenters. The third-order valence-electron chi connectivity index (χ3n) is 1.82. The summed E-state index contributed by atoms with van der Waals surface area (Å²) in [7, 11) is 1.29. The molecule has 1 aromatic heterocycles. The first-order chi connectivity index (χ1) is 6.45. The van der Waals surface area contributed by atoms with Crippen LogP contribution in [0.25, 0.3) is 0 Å². The number of aliphatic hydroxyl groups is 1. The largest absolute Gasteiger partial charge is 0.469 e. The van der Waals surface area contributed by atoms with Crippen LogP contribution in [0, 0.1) is 0 Å². The van der Waals surface area contributed by atoms with Crippen molar-refractivity contribution in [2.45, 2.75) is 18.9 Å². The van der Waals surface area contributed by atoms with Crippen molar-refractivity contribution in [2.24, 2.45) is 0 Å². The number of carbonyl (C=O) groups excluding carboxylic acids is 1. The Morgan fingerprint density at radius 3 is 2.79 bits per heavy atom. The molecule has 1 N–H and O–H groups in total. The average Bonchev–Trinajstić information content (AvgIpc) is 2.51. The summed E-state index contributed by atoms with van der Waals surface area (Å²) in [5.74, 6) is -0.445. The molecule has 1 aromatic rings. The van der Waals surface area contributed by atoms with Crippen molar-refractivity contribution in [1.29, 1.82) is 0 Å². The van der Waals surface area contributed by atoms with Crippen LogP contribution in [-0.4, -0.2) is 18.2 Å². The molecule has 1 rings (SSSR count). The summed E-state index contributed by atoms with van der Waals surface area (Å²) >= 11 is 6.98. The second-order valence-corrected chi connectivity index (χ2v) is 4.85. The summed E-state index contributed by atoms with van der Waals surface area (Å²) in [4.78, 5) is 11.7. The number of ether oxygens (including phenoxy) is 1. The van der Waals surface area contributed by atoms with E-state index < -0.39 is 11.6 Å². The summed E-state index contributed by atoms with van der Waals surface area (Å²) in [6.45, 7) is 1.56. The van der Waals surface area contributed by atoms with Crippen LogP contribution in [0.4, 0.5) is 0 Å². The summed E-state index contributed by atoms with van der Waals surface area (Å²) in [6.07, 6.45) is -0.0691. The highest BCUT2D eigenvalue weighted by atomic mass is 35.5. The number of hydrogen-bond acceptors (Lipinski definition) is 4. The zero-order valence-corrected chi connectivity index (χ0v) is 9.48. The van der Waals surface area contributed by atoms with Crippen LogP contribution in [0.2, 0.25) is 4.34 Å². The zero-order valence-electron chi connectivity index (χ0n) is 7.91. The Morgan fingerprint density at radius 1 is 1.71 bits per heavy atom. The molecule has 0 saturated heterocycles. The Bertz CT molecular complexity index is 333. The van der Waals surface area contributed by atoms with Crippen molar-refractivity contribution < 1.29 is 14.6 Å². The number of methoxy groups -OCH3 is 1. The normalized spacial score (nSPS) is 14.9. The molecule has 1 unspecified atom stereocenters. The highest BCUT2D eigenvalue weighted by Crippen LogP contribution is 2.33. The van der Waals surface area contributed by atoms with Crippen molar-refractivity contribution in [1.82, 2.24) is 0 Å². The molecule has 0 aliphatic rings. The van der Waals surface area contributed by atoms with E-state index in [1.807, 2.05) is 0 Å². The lowest BCUT2D eigenvalue weighted by molar-refractivity contribution is -0.145. The maximum atomic E-state index is 11.0. The van der Waals surface area contributed by atoms with Gasteiger partial charge in [-0.15, -0.1) is 11.3 Å². The minimum atomic E-state index is -1.20. The van der Waals surface area contributed by atoms with E-state index in [0.717, 1.165) is 0 Å². The van der Waals surface area contributed by atoms with Gasteiger partial charge in [0.05, 0.1) is 17.9 Å². The molecule has 3 nitrogen and oxygen atoms in total. The molecular formula is C9H11ClO3S. The monoisotopic (exact) mass is 234 g/mol. The number of carbonyl (C=O) groups is 1. The summed E-state index contributed by atoms with van der Waals surface area (Å²) < 4.78 is 5.08. The molecule has 0 aromatic carbocycles. The van der Waals surface area contributed by atoms with Crippen molar-refractivity contribution in [3.05, 3.63) is 21.3 Å². The van der Waals surface area contributed by atoms with Crippen molar-refractivity contribution in [3.63, 3.8) is 0 Å². The smallest absolute Gasteiger partial charge is 0.308 e. The second kappa shape index (κ2) is 4.29. The molecule has 0 aliphatic carbocycles. The average molecular weight is 235 g/mol. The van der Waals surface area contributed by atoms with Gasteiger partial charge in [0.15, 0.2) is 0 Å². The molecule has 0 spiro atoms. The molecule has 5 heteroatoms.